The van der Waals surface area contributed by atoms with Crippen molar-refractivity contribution in [2.45, 2.75) is 33.6 Å². The lowest BCUT2D eigenvalue weighted by Crippen LogP contribution is -2.15. The van der Waals surface area contributed by atoms with Crippen molar-refractivity contribution in [2.75, 3.05) is 11.9 Å². The second-order valence-corrected chi connectivity index (χ2v) is 6.38. The van der Waals surface area contributed by atoms with Crippen LogP contribution in [0.25, 0.3) is 0 Å². The molecule has 0 bridgehead atoms. The van der Waals surface area contributed by atoms with Crippen molar-refractivity contribution in [1.29, 1.82) is 0 Å². The van der Waals surface area contributed by atoms with Gasteiger partial charge in [0, 0.05) is 10.4 Å². The number of amides is 1. The summed E-state index contributed by atoms with van der Waals surface area (Å²) in [5.41, 5.74) is 2.00. The third-order valence-electron chi connectivity index (χ3n) is 3.47. The molecule has 4 nitrogen and oxygen atoms in total. The molecule has 1 aromatic carbocycles. The highest BCUT2D eigenvalue weighted by Gasteiger charge is 2.23. The van der Waals surface area contributed by atoms with Crippen molar-refractivity contribution in [3.63, 3.8) is 0 Å². The van der Waals surface area contributed by atoms with Crippen LogP contribution in [0.3, 0.4) is 0 Å². The predicted octanol–water partition coefficient (Wildman–Crippen LogP) is 4.44. The largest absolute Gasteiger partial charge is 0.462 e. The van der Waals surface area contributed by atoms with Crippen molar-refractivity contribution < 1.29 is 14.3 Å². The van der Waals surface area contributed by atoms with Gasteiger partial charge in [0.2, 0.25) is 0 Å². The van der Waals surface area contributed by atoms with Gasteiger partial charge in [0.1, 0.15) is 5.00 Å². The van der Waals surface area contributed by atoms with Crippen LogP contribution in [0.1, 0.15) is 51.4 Å². The Balaban J connectivity index is 2.31. The van der Waals surface area contributed by atoms with E-state index in [1.165, 1.54) is 11.3 Å². The molecule has 1 heterocycles. The van der Waals surface area contributed by atoms with E-state index in [1.807, 2.05) is 39.0 Å². The van der Waals surface area contributed by atoms with Crippen LogP contribution in [0, 0.1) is 6.92 Å². The molecule has 0 saturated carbocycles. The van der Waals surface area contributed by atoms with E-state index in [0.717, 1.165) is 23.3 Å². The van der Waals surface area contributed by atoms with Crippen LogP contribution in [0.15, 0.2) is 30.3 Å². The molecule has 2 rings (SSSR count). The van der Waals surface area contributed by atoms with Crippen LogP contribution in [0.2, 0.25) is 0 Å². The van der Waals surface area contributed by atoms with Crippen molar-refractivity contribution in [1.82, 2.24) is 0 Å². The van der Waals surface area contributed by atoms with Gasteiger partial charge in [-0.05, 0) is 37.5 Å². The normalized spacial score (nSPS) is 10.4. The number of carbonyl (C=O) groups is 2. The van der Waals surface area contributed by atoms with Gasteiger partial charge < -0.3 is 10.1 Å². The average molecular weight is 331 g/mol. The Labute approximate surface area is 140 Å². The van der Waals surface area contributed by atoms with Crippen molar-refractivity contribution in [2.24, 2.45) is 0 Å². The van der Waals surface area contributed by atoms with Crippen LogP contribution in [0.5, 0.6) is 0 Å². The molecule has 0 radical (unpaired) electrons. The summed E-state index contributed by atoms with van der Waals surface area (Å²) < 4.78 is 5.28. The Bertz CT molecular complexity index is 692. The maximum Gasteiger partial charge on any atom is 0.341 e. The molecular weight excluding hydrogens is 310 g/mol. The standard InChI is InChI=1S/C18H21NO3S/c1-4-11-22-18(21)15-14(5-2)12(3)23-17(15)19-16(20)13-9-7-6-8-10-13/h6-10H,4-5,11H2,1-3H3,(H,19,20). The fourth-order valence-electron chi connectivity index (χ4n) is 2.34. The quantitative estimate of drug-likeness (QED) is 0.796. The highest BCUT2D eigenvalue weighted by Crippen LogP contribution is 2.34. The second-order valence-electron chi connectivity index (χ2n) is 5.15. The molecule has 1 N–H and O–H groups in total. The van der Waals surface area contributed by atoms with Crippen molar-refractivity contribution in [3.8, 4) is 0 Å². The smallest absolute Gasteiger partial charge is 0.341 e. The second kappa shape index (κ2) is 7.92. The summed E-state index contributed by atoms with van der Waals surface area (Å²) in [6.07, 6.45) is 1.49. The van der Waals surface area contributed by atoms with Crippen LogP contribution >= 0.6 is 11.3 Å². The first kappa shape index (κ1) is 17.2. The minimum Gasteiger partial charge on any atom is -0.462 e. The first-order chi connectivity index (χ1) is 11.1. The number of ether oxygens (including phenoxy) is 1. The van der Waals surface area contributed by atoms with Gasteiger partial charge in [-0.2, -0.15) is 0 Å². The van der Waals surface area contributed by atoms with E-state index in [4.69, 9.17) is 4.74 Å². The molecule has 5 heteroatoms. The molecule has 0 atom stereocenters. The Morgan fingerprint density at radius 2 is 1.87 bits per heavy atom. The Morgan fingerprint density at radius 1 is 1.17 bits per heavy atom. The minimum absolute atomic E-state index is 0.223. The molecule has 1 aromatic heterocycles. The molecule has 0 aliphatic heterocycles. The van der Waals surface area contributed by atoms with Crippen LogP contribution in [-0.2, 0) is 11.2 Å². The van der Waals surface area contributed by atoms with E-state index < -0.39 is 0 Å². The number of carbonyl (C=O) groups excluding carboxylic acids is 2. The zero-order valence-electron chi connectivity index (χ0n) is 13.6. The Morgan fingerprint density at radius 3 is 2.48 bits per heavy atom. The number of hydrogen-bond acceptors (Lipinski definition) is 4. The van der Waals surface area contributed by atoms with E-state index in [1.54, 1.807) is 12.1 Å². The highest BCUT2D eigenvalue weighted by atomic mass is 32.1. The number of hydrogen-bond donors (Lipinski definition) is 1. The first-order valence-electron chi connectivity index (χ1n) is 7.74. The van der Waals surface area contributed by atoms with E-state index in [9.17, 15) is 9.59 Å². The van der Waals surface area contributed by atoms with E-state index in [-0.39, 0.29) is 11.9 Å². The maximum absolute atomic E-state index is 12.4. The molecular formula is C18H21NO3S. The molecule has 0 aliphatic rings. The molecule has 23 heavy (non-hydrogen) atoms. The fraction of sp³-hybridized carbons (Fsp3) is 0.333. The summed E-state index contributed by atoms with van der Waals surface area (Å²) in [5, 5.41) is 3.42. The zero-order chi connectivity index (χ0) is 16.8. The zero-order valence-corrected chi connectivity index (χ0v) is 14.5. The van der Waals surface area contributed by atoms with Crippen LogP contribution in [0.4, 0.5) is 5.00 Å². The lowest BCUT2D eigenvalue weighted by atomic mass is 10.1. The van der Waals surface area contributed by atoms with Crippen molar-refractivity contribution in [3.05, 3.63) is 51.9 Å². The van der Waals surface area contributed by atoms with E-state index in [0.29, 0.717) is 22.7 Å². The number of esters is 1. The SMILES string of the molecule is CCCOC(=O)c1c(NC(=O)c2ccccc2)sc(C)c1CC. The number of thiophene rings is 1. The van der Waals surface area contributed by atoms with Crippen LogP contribution < -0.4 is 5.32 Å². The van der Waals surface area contributed by atoms with Gasteiger partial charge in [-0.25, -0.2) is 4.79 Å². The number of anilines is 1. The summed E-state index contributed by atoms with van der Waals surface area (Å²) in [6, 6.07) is 8.96. The first-order valence-corrected chi connectivity index (χ1v) is 8.55. The summed E-state index contributed by atoms with van der Waals surface area (Å²) in [7, 11) is 0. The monoisotopic (exact) mass is 331 g/mol. The average Bonchev–Trinajstić information content (AvgIpc) is 2.88. The van der Waals surface area contributed by atoms with Gasteiger partial charge in [0.25, 0.3) is 5.91 Å². The third-order valence-corrected chi connectivity index (χ3v) is 4.53. The lowest BCUT2D eigenvalue weighted by molar-refractivity contribution is 0.0505. The molecule has 0 unspecified atom stereocenters. The molecule has 0 spiro atoms. The van der Waals surface area contributed by atoms with Crippen LogP contribution in [-0.4, -0.2) is 18.5 Å². The van der Waals surface area contributed by atoms with E-state index in [2.05, 4.69) is 5.32 Å². The third kappa shape index (κ3) is 3.99. The van der Waals surface area contributed by atoms with Gasteiger partial charge in [0.15, 0.2) is 0 Å². The number of nitrogens with one attached hydrogen (secondary N) is 1. The van der Waals surface area contributed by atoms with E-state index >= 15 is 0 Å². The van der Waals surface area contributed by atoms with Gasteiger partial charge in [-0.3, -0.25) is 4.79 Å². The summed E-state index contributed by atoms with van der Waals surface area (Å²) in [4.78, 5) is 25.8. The van der Waals surface area contributed by atoms with Gasteiger partial charge >= 0.3 is 5.97 Å². The summed E-state index contributed by atoms with van der Waals surface area (Å²) in [5.74, 6) is -0.588. The Hall–Kier alpha value is -2.14. The van der Waals surface area contributed by atoms with Gasteiger partial charge in [0.05, 0.1) is 12.2 Å². The topological polar surface area (TPSA) is 55.4 Å². The highest BCUT2D eigenvalue weighted by molar-refractivity contribution is 7.16. The summed E-state index contributed by atoms with van der Waals surface area (Å²) >= 11 is 1.42. The molecule has 1 amide bonds. The molecule has 0 fully saturated rings. The minimum atomic E-state index is -0.364. The van der Waals surface area contributed by atoms with Gasteiger partial charge in [-0.15, -0.1) is 11.3 Å². The fourth-order valence-corrected chi connectivity index (χ4v) is 3.47. The number of aryl methyl sites for hydroxylation is 1. The molecule has 0 aliphatic carbocycles. The number of benzene rings is 1. The maximum atomic E-state index is 12.4. The molecule has 0 saturated heterocycles. The summed E-state index contributed by atoms with van der Waals surface area (Å²) in [6.45, 7) is 6.28. The molecule has 2 aromatic rings. The van der Waals surface area contributed by atoms with Crippen molar-refractivity contribution >= 4 is 28.2 Å². The molecule has 122 valence electrons. The Kier molecular flexibility index (Phi) is 5.93. The number of rotatable bonds is 6. The predicted molar refractivity (Wildman–Crippen MR) is 93.4 cm³/mol. The van der Waals surface area contributed by atoms with Gasteiger partial charge in [-0.1, -0.05) is 32.0 Å². The lowest BCUT2D eigenvalue weighted by Gasteiger charge is -2.08.